The predicted octanol–water partition coefficient (Wildman–Crippen LogP) is 6.15. The minimum absolute atomic E-state index is 0.607. The summed E-state index contributed by atoms with van der Waals surface area (Å²) in [5, 5.41) is 8.31. The molecule has 0 amide bonds. The van der Waals surface area contributed by atoms with Gasteiger partial charge in [-0.3, -0.25) is 0 Å². The van der Waals surface area contributed by atoms with Gasteiger partial charge in [0.25, 0.3) is 0 Å². The molecule has 2 aliphatic rings. The molecule has 0 aromatic heterocycles. The van der Waals surface area contributed by atoms with Gasteiger partial charge in [0.2, 0.25) is 0 Å². The van der Waals surface area contributed by atoms with Crippen molar-refractivity contribution in [3.63, 3.8) is 0 Å². The van der Waals surface area contributed by atoms with E-state index >= 15 is 0 Å². The number of nitrogens with one attached hydrogen (secondary N) is 1. The smallest absolute Gasteiger partial charge is 0.0461 e. The van der Waals surface area contributed by atoms with E-state index in [-0.39, 0.29) is 0 Å². The monoisotopic (exact) mass is 381 g/mol. The molecule has 4 heteroatoms. The van der Waals surface area contributed by atoms with Gasteiger partial charge in [0, 0.05) is 21.0 Å². The summed E-state index contributed by atoms with van der Waals surface area (Å²) in [6, 6.07) is 14.2. The maximum atomic E-state index is 6.17. The van der Waals surface area contributed by atoms with Crippen LogP contribution in [0, 0.1) is 16.4 Å². The summed E-state index contributed by atoms with van der Waals surface area (Å²) in [4.78, 5) is 0. The van der Waals surface area contributed by atoms with Crippen LogP contribution in [0.4, 0.5) is 0 Å². The van der Waals surface area contributed by atoms with Crippen molar-refractivity contribution < 1.29 is 0 Å². The molecule has 0 heterocycles. The summed E-state index contributed by atoms with van der Waals surface area (Å²) < 4.78 is 0. The molecule has 1 aromatic rings. The van der Waals surface area contributed by atoms with E-state index in [1.165, 1.54) is 10.4 Å². The summed E-state index contributed by atoms with van der Waals surface area (Å²) >= 11 is 14.0. The fourth-order valence-corrected chi connectivity index (χ4v) is 3.90. The van der Waals surface area contributed by atoms with E-state index in [0.29, 0.717) is 16.2 Å². The number of thioether (sulfide) groups is 1. The van der Waals surface area contributed by atoms with Crippen LogP contribution in [0.3, 0.4) is 0 Å². The van der Waals surface area contributed by atoms with Crippen LogP contribution in [0.1, 0.15) is 26.3 Å². The van der Waals surface area contributed by atoms with Crippen molar-refractivity contribution in [2.75, 3.05) is 13.1 Å². The van der Waals surface area contributed by atoms with Gasteiger partial charge < -0.3 is 5.32 Å². The Balaban J connectivity index is 0.000000282. The molecule has 0 spiro atoms. The van der Waals surface area contributed by atoms with Crippen molar-refractivity contribution in [3.05, 3.63) is 68.5 Å². The fraction of sp³-hybridized carbons (Fsp3) is 0.400. The summed E-state index contributed by atoms with van der Waals surface area (Å²) in [5.41, 5.74) is 1.16. The van der Waals surface area contributed by atoms with Gasteiger partial charge in [-0.25, -0.2) is 0 Å². The molecule has 2 atom stereocenters. The Morgan fingerprint density at radius 3 is 2.08 bits per heavy atom. The third-order valence-electron chi connectivity index (χ3n) is 4.25. The minimum atomic E-state index is 0.607. The van der Waals surface area contributed by atoms with E-state index in [2.05, 4.69) is 50.4 Å². The summed E-state index contributed by atoms with van der Waals surface area (Å²) in [5.74, 6) is 1.59. The van der Waals surface area contributed by atoms with Crippen molar-refractivity contribution in [2.45, 2.75) is 31.8 Å². The van der Waals surface area contributed by atoms with Crippen LogP contribution in [-0.4, -0.2) is 18.3 Å². The zero-order chi connectivity index (χ0) is 17.5. The van der Waals surface area contributed by atoms with E-state index in [9.17, 15) is 0 Å². The highest BCUT2D eigenvalue weighted by atomic mass is 35.5. The molecule has 0 saturated carbocycles. The molecule has 0 saturated heterocycles. The third-order valence-corrected chi connectivity index (χ3v) is 6.31. The van der Waals surface area contributed by atoms with Crippen molar-refractivity contribution in [1.82, 2.24) is 5.32 Å². The molecule has 0 bridgehead atoms. The summed E-state index contributed by atoms with van der Waals surface area (Å²) in [6.07, 6.45) is 0. The van der Waals surface area contributed by atoms with E-state index in [0.717, 1.165) is 29.4 Å². The summed E-state index contributed by atoms with van der Waals surface area (Å²) in [6.45, 7) is 8.79. The highest BCUT2D eigenvalue weighted by Crippen LogP contribution is 2.28. The Morgan fingerprint density at radius 1 is 1.00 bits per heavy atom. The zero-order valence-corrected chi connectivity index (χ0v) is 16.8. The molecule has 2 unspecified atom stereocenters. The van der Waals surface area contributed by atoms with Crippen LogP contribution in [-0.2, 0) is 5.75 Å². The average molecular weight is 382 g/mol. The number of hydrogen-bond acceptors (Lipinski definition) is 2. The molecule has 1 nitrogen and oxygen atoms in total. The zero-order valence-electron chi connectivity index (χ0n) is 14.5. The van der Waals surface area contributed by atoms with E-state index in [1.54, 1.807) is 0 Å². The molecule has 0 fully saturated rings. The second-order valence-electron chi connectivity index (χ2n) is 6.11. The van der Waals surface area contributed by atoms with Crippen molar-refractivity contribution in [1.29, 1.82) is 0 Å². The maximum Gasteiger partial charge on any atom is 0.0461 e. The van der Waals surface area contributed by atoms with E-state index < -0.39 is 0 Å². The molecule has 0 radical (unpaired) electrons. The van der Waals surface area contributed by atoms with Crippen molar-refractivity contribution >= 4 is 35.0 Å². The number of halogens is 2. The van der Waals surface area contributed by atoms with Crippen LogP contribution in [0.2, 0.25) is 10.0 Å². The largest absolute Gasteiger partial charge is 0.317 e. The molecular formula is C20H25Cl2NS. The minimum Gasteiger partial charge on any atom is -0.317 e. The Morgan fingerprint density at radius 2 is 1.62 bits per heavy atom. The Kier molecular flexibility index (Phi) is 7.96. The number of benzene rings is 2. The lowest BCUT2D eigenvalue weighted by atomic mass is 10.1. The normalized spacial score (nSPS) is 13.7. The van der Waals surface area contributed by atoms with Gasteiger partial charge >= 0.3 is 0 Å². The van der Waals surface area contributed by atoms with Gasteiger partial charge in [-0.05, 0) is 47.1 Å². The van der Waals surface area contributed by atoms with Crippen LogP contribution in [0.25, 0.3) is 0 Å². The van der Waals surface area contributed by atoms with Crippen molar-refractivity contribution in [3.8, 4) is 0 Å². The highest BCUT2D eigenvalue weighted by Gasteiger charge is 2.13. The second-order valence-corrected chi connectivity index (χ2v) is 8.32. The molecule has 2 aliphatic carbocycles. The lowest BCUT2D eigenvalue weighted by Gasteiger charge is -2.20. The van der Waals surface area contributed by atoms with Gasteiger partial charge in [0.15, 0.2) is 0 Å². The van der Waals surface area contributed by atoms with Gasteiger partial charge in [-0.1, -0.05) is 74.3 Å². The van der Waals surface area contributed by atoms with Crippen molar-refractivity contribution in [2.24, 2.45) is 5.92 Å². The first kappa shape index (κ1) is 19.7. The lowest BCUT2D eigenvalue weighted by Crippen LogP contribution is -2.26. The number of rotatable bonds is 7. The molecule has 130 valence electrons. The maximum absolute atomic E-state index is 6.17. The van der Waals surface area contributed by atoms with Gasteiger partial charge in [0.05, 0.1) is 0 Å². The van der Waals surface area contributed by atoms with Crippen LogP contribution in [0.15, 0.2) is 42.5 Å². The number of hydrogen-bond donors (Lipinski definition) is 1. The Hall–Kier alpha value is -0.670. The lowest BCUT2D eigenvalue weighted by molar-refractivity contribution is 0.520. The van der Waals surface area contributed by atoms with E-state index in [4.69, 9.17) is 23.2 Å². The quantitative estimate of drug-likeness (QED) is 0.526. The summed E-state index contributed by atoms with van der Waals surface area (Å²) in [7, 11) is 0. The van der Waals surface area contributed by atoms with Gasteiger partial charge in [0.1, 0.15) is 0 Å². The second kappa shape index (κ2) is 9.72. The molecule has 24 heavy (non-hydrogen) atoms. The van der Waals surface area contributed by atoms with Crippen LogP contribution >= 0.6 is 35.0 Å². The molecule has 1 N–H and O–H groups in total. The SMILES string of the molecule is CCNCC(C)C(C)SCc1ccc(Cl)cc1Cl.c1cc2ccc1=2. The molecule has 3 rings (SSSR count). The predicted molar refractivity (Wildman–Crippen MR) is 109 cm³/mol. The Labute approximate surface area is 159 Å². The molecule has 1 aromatic carbocycles. The van der Waals surface area contributed by atoms with E-state index in [1.807, 2.05) is 30.0 Å². The van der Waals surface area contributed by atoms with Gasteiger partial charge in [-0.15, -0.1) is 0 Å². The van der Waals surface area contributed by atoms with Crippen LogP contribution < -0.4 is 5.32 Å². The topological polar surface area (TPSA) is 12.0 Å². The highest BCUT2D eigenvalue weighted by molar-refractivity contribution is 7.99. The third kappa shape index (κ3) is 5.70. The van der Waals surface area contributed by atoms with Crippen LogP contribution in [0.5, 0.6) is 0 Å². The van der Waals surface area contributed by atoms with Gasteiger partial charge in [-0.2, -0.15) is 11.8 Å². The average Bonchev–Trinajstić information content (AvgIpc) is 2.55. The Bertz CT molecular complexity index is 697. The molecular weight excluding hydrogens is 357 g/mol. The first-order valence-corrected chi connectivity index (χ1v) is 10.2. The first-order chi connectivity index (χ1) is 11.5. The standard InChI is InChI=1S/C14H21Cl2NS.C6H4/c1-4-17-8-10(2)11(3)18-9-12-5-6-13(15)7-14(12)16;1-2-6-4-3-5(1)6/h5-7,10-11,17H,4,8-9H2,1-3H3;1-4H. The fourth-order valence-electron chi connectivity index (χ4n) is 2.22. The molecule has 0 aliphatic heterocycles. The first-order valence-electron chi connectivity index (χ1n) is 8.38.